The summed E-state index contributed by atoms with van der Waals surface area (Å²) in [4.78, 5) is 16.1. The van der Waals surface area contributed by atoms with Gasteiger partial charge in [-0.25, -0.2) is 0 Å². The fourth-order valence-electron chi connectivity index (χ4n) is 2.01. The van der Waals surface area contributed by atoms with Crippen molar-refractivity contribution in [1.29, 1.82) is 5.26 Å². The van der Waals surface area contributed by atoms with E-state index in [4.69, 9.17) is 5.26 Å². The summed E-state index contributed by atoms with van der Waals surface area (Å²) in [6.45, 7) is 3.36. The van der Waals surface area contributed by atoms with Gasteiger partial charge in [0, 0.05) is 36.2 Å². The zero-order chi connectivity index (χ0) is 13.0. The van der Waals surface area contributed by atoms with Gasteiger partial charge in [0.2, 0.25) is 0 Å². The van der Waals surface area contributed by atoms with Crippen molar-refractivity contribution in [2.45, 2.75) is 0 Å². The molecule has 0 aliphatic carbocycles. The van der Waals surface area contributed by atoms with Crippen LogP contribution in [0.25, 0.3) is 0 Å². The molecule has 0 aromatic heterocycles. The van der Waals surface area contributed by atoms with Gasteiger partial charge in [0.15, 0.2) is 0 Å². The maximum absolute atomic E-state index is 12.2. The van der Waals surface area contributed by atoms with Gasteiger partial charge < -0.3 is 4.90 Å². The molecular formula is C13H14BrN3O. The third kappa shape index (κ3) is 3.09. The Morgan fingerprint density at radius 1 is 1.33 bits per heavy atom. The van der Waals surface area contributed by atoms with Crippen molar-refractivity contribution >= 4 is 21.8 Å². The van der Waals surface area contributed by atoms with E-state index in [9.17, 15) is 4.79 Å². The highest BCUT2D eigenvalue weighted by Gasteiger charge is 2.21. The van der Waals surface area contributed by atoms with E-state index >= 15 is 0 Å². The minimum Gasteiger partial charge on any atom is -0.336 e. The molecule has 5 heteroatoms. The highest BCUT2D eigenvalue weighted by atomic mass is 79.9. The van der Waals surface area contributed by atoms with Crippen LogP contribution in [0.4, 0.5) is 0 Å². The average Bonchev–Trinajstić information content (AvgIpc) is 2.39. The minimum absolute atomic E-state index is 0.0629. The maximum atomic E-state index is 12.2. The van der Waals surface area contributed by atoms with E-state index in [-0.39, 0.29) is 5.91 Å². The van der Waals surface area contributed by atoms with Gasteiger partial charge in [0.05, 0.1) is 12.6 Å². The monoisotopic (exact) mass is 307 g/mol. The zero-order valence-corrected chi connectivity index (χ0v) is 11.6. The van der Waals surface area contributed by atoms with E-state index in [1.165, 1.54) is 0 Å². The molecule has 1 aromatic carbocycles. The highest BCUT2D eigenvalue weighted by molar-refractivity contribution is 9.10. The summed E-state index contributed by atoms with van der Waals surface area (Å²) in [6, 6.07) is 9.57. The topological polar surface area (TPSA) is 47.3 Å². The summed E-state index contributed by atoms with van der Waals surface area (Å²) in [5.41, 5.74) is 0.707. The number of piperazine rings is 1. The van der Waals surface area contributed by atoms with Crippen molar-refractivity contribution in [1.82, 2.24) is 9.80 Å². The third-order valence-electron chi connectivity index (χ3n) is 3.03. The van der Waals surface area contributed by atoms with Crippen LogP contribution in [0, 0.1) is 11.3 Å². The van der Waals surface area contributed by atoms with Crippen LogP contribution in [0.2, 0.25) is 0 Å². The summed E-state index contributed by atoms with van der Waals surface area (Å²) < 4.78 is 0.913. The number of nitrogens with zero attached hydrogens (tertiary/aromatic N) is 3. The number of nitriles is 1. The number of amides is 1. The second kappa shape index (κ2) is 5.98. The van der Waals surface area contributed by atoms with Crippen LogP contribution in [0.1, 0.15) is 10.4 Å². The normalized spacial score (nSPS) is 16.3. The fourth-order valence-corrected chi connectivity index (χ4v) is 2.41. The molecule has 18 heavy (non-hydrogen) atoms. The maximum Gasteiger partial charge on any atom is 0.253 e. The molecule has 1 aromatic rings. The molecule has 0 unspecified atom stereocenters. The van der Waals surface area contributed by atoms with Crippen LogP contribution < -0.4 is 0 Å². The molecule has 1 aliphatic heterocycles. The van der Waals surface area contributed by atoms with Gasteiger partial charge in [-0.2, -0.15) is 5.26 Å². The Hall–Kier alpha value is -1.38. The number of hydrogen-bond donors (Lipinski definition) is 0. The van der Waals surface area contributed by atoms with Gasteiger partial charge >= 0.3 is 0 Å². The molecule has 0 spiro atoms. The van der Waals surface area contributed by atoms with Crippen molar-refractivity contribution in [2.24, 2.45) is 0 Å². The predicted molar refractivity (Wildman–Crippen MR) is 72.1 cm³/mol. The first-order chi connectivity index (χ1) is 8.70. The van der Waals surface area contributed by atoms with Crippen molar-refractivity contribution < 1.29 is 4.79 Å². The number of rotatable bonds is 2. The molecule has 1 heterocycles. The first-order valence-electron chi connectivity index (χ1n) is 5.85. The lowest BCUT2D eigenvalue weighted by molar-refractivity contribution is 0.0651. The third-order valence-corrected chi connectivity index (χ3v) is 3.52. The summed E-state index contributed by atoms with van der Waals surface area (Å²) in [5.74, 6) is 0.0629. The lowest BCUT2D eigenvalue weighted by atomic mass is 10.2. The lowest BCUT2D eigenvalue weighted by Gasteiger charge is -2.33. The number of hydrogen-bond acceptors (Lipinski definition) is 3. The van der Waals surface area contributed by atoms with Crippen LogP contribution in [0.3, 0.4) is 0 Å². The van der Waals surface area contributed by atoms with Crippen molar-refractivity contribution in [2.75, 3.05) is 32.7 Å². The molecule has 0 radical (unpaired) electrons. The second-order valence-corrected chi connectivity index (χ2v) is 5.15. The summed E-state index contributed by atoms with van der Waals surface area (Å²) in [6.07, 6.45) is 0. The molecule has 4 nitrogen and oxygen atoms in total. The summed E-state index contributed by atoms with van der Waals surface area (Å²) in [5, 5.41) is 8.62. The van der Waals surface area contributed by atoms with Crippen LogP contribution >= 0.6 is 15.9 Å². The Balaban J connectivity index is 1.98. The Labute approximate surface area is 115 Å². The van der Waals surface area contributed by atoms with E-state index in [0.717, 1.165) is 17.6 Å². The molecule has 0 bridgehead atoms. The molecule has 0 saturated carbocycles. The number of halogens is 1. The van der Waals surface area contributed by atoms with Crippen molar-refractivity contribution in [3.8, 4) is 6.07 Å². The largest absolute Gasteiger partial charge is 0.336 e. The van der Waals surface area contributed by atoms with E-state index in [1.54, 1.807) is 0 Å². The molecular weight excluding hydrogens is 294 g/mol. The second-order valence-electron chi connectivity index (χ2n) is 4.24. The van der Waals surface area contributed by atoms with E-state index in [0.29, 0.717) is 25.2 Å². The molecule has 1 fully saturated rings. The van der Waals surface area contributed by atoms with Crippen LogP contribution in [0.15, 0.2) is 28.7 Å². The Bertz CT molecular complexity index is 475. The van der Waals surface area contributed by atoms with Gasteiger partial charge in [-0.15, -0.1) is 0 Å². The highest BCUT2D eigenvalue weighted by Crippen LogP contribution is 2.14. The molecule has 94 valence electrons. The van der Waals surface area contributed by atoms with Gasteiger partial charge in [0.1, 0.15) is 0 Å². The molecule has 1 aliphatic rings. The SMILES string of the molecule is N#CCN1CCN(C(=O)c2cccc(Br)c2)CC1. The van der Waals surface area contributed by atoms with Crippen LogP contribution in [-0.4, -0.2) is 48.4 Å². The predicted octanol–water partition coefficient (Wildman–Crippen LogP) is 1.73. The summed E-state index contributed by atoms with van der Waals surface area (Å²) >= 11 is 3.37. The molecule has 0 N–H and O–H groups in total. The zero-order valence-electron chi connectivity index (χ0n) is 9.97. The number of carbonyl (C=O) groups excluding carboxylic acids is 1. The first-order valence-corrected chi connectivity index (χ1v) is 6.64. The van der Waals surface area contributed by atoms with E-state index in [2.05, 4.69) is 26.9 Å². The Kier molecular flexibility index (Phi) is 4.34. The van der Waals surface area contributed by atoms with Gasteiger partial charge in [-0.1, -0.05) is 22.0 Å². The first kappa shape index (κ1) is 13.1. The van der Waals surface area contributed by atoms with Gasteiger partial charge in [-0.05, 0) is 18.2 Å². The standard InChI is InChI=1S/C13H14BrN3O/c14-12-3-1-2-11(10-12)13(18)17-8-6-16(5-4-15)7-9-17/h1-3,10H,5-9H2. The minimum atomic E-state index is 0.0629. The summed E-state index contributed by atoms with van der Waals surface area (Å²) in [7, 11) is 0. The van der Waals surface area contributed by atoms with E-state index < -0.39 is 0 Å². The average molecular weight is 308 g/mol. The van der Waals surface area contributed by atoms with Crippen LogP contribution in [0.5, 0.6) is 0 Å². The van der Waals surface area contributed by atoms with Gasteiger partial charge in [-0.3, -0.25) is 9.69 Å². The van der Waals surface area contributed by atoms with Crippen LogP contribution in [-0.2, 0) is 0 Å². The molecule has 2 rings (SSSR count). The van der Waals surface area contributed by atoms with Crippen molar-refractivity contribution in [3.63, 3.8) is 0 Å². The number of carbonyl (C=O) groups is 1. The smallest absolute Gasteiger partial charge is 0.253 e. The molecule has 1 amide bonds. The lowest BCUT2D eigenvalue weighted by Crippen LogP contribution is -2.48. The van der Waals surface area contributed by atoms with E-state index in [1.807, 2.05) is 29.2 Å². The molecule has 0 atom stereocenters. The molecule has 1 saturated heterocycles. The van der Waals surface area contributed by atoms with Gasteiger partial charge in [0.25, 0.3) is 5.91 Å². The quantitative estimate of drug-likeness (QED) is 0.782. The fraction of sp³-hybridized carbons (Fsp3) is 0.385. The Morgan fingerprint density at radius 2 is 2.06 bits per heavy atom. The Morgan fingerprint density at radius 3 is 2.67 bits per heavy atom. The van der Waals surface area contributed by atoms with Crippen molar-refractivity contribution in [3.05, 3.63) is 34.3 Å². The number of benzene rings is 1.